The van der Waals surface area contributed by atoms with E-state index >= 15 is 0 Å². The maximum absolute atomic E-state index is 12.1. The van der Waals surface area contributed by atoms with E-state index < -0.39 is 0 Å². The molecular weight excluding hydrogens is 242 g/mol. The highest BCUT2D eigenvalue weighted by Gasteiger charge is 2.23. The first-order valence-corrected chi connectivity index (χ1v) is 6.51. The molecule has 0 saturated carbocycles. The van der Waals surface area contributed by atoms with Gasteiger partial charge in [-0.15, -0.1) is 0 Å². The Hall–Kier alpha value is -2.04. The molecule has 1 aliphatic rings. The quantitative estimate of drug-likeness (QED) is 0.895. The first kappa shape index (κ1) is 12.0. The Labute approximate surface area is 111 Å². The third-order valence-electron chi connectivity index (χ3n) is 3.52. The predicted molar refractivity (Wildman–Crippen MR) is 70.0 cm³/mol. The van der Waals surface area contributed by atoms with Crippen LogP contribution in [-0.4, -0.2) is 21.5 Å². The molecule has 0 radical (unpaired) electrons. The van der Waals surface area contributed by atoms with Crippen molar-refractivity contribution in [3.8, 4) is 0 Å². The molecule has 0 aromatic carbocycles. The number of nitrogens with zero attached hydrogens (tertiary/aromatic N) is 2. The fraction of sp³-hybridized carbons (Fsp3) is 0.429. The maximum Gasteiger partial charge on any atom is 0.287 e. The normalized spacial score (nSPS) is 18.1. The van der Waals surface area contributed by atoms with E-state index in [9.17, 15) is 4.79 Å². The summed E-state index contributed by atoms with van der Waals surface area (Å²) in [6.45, 7) is 4.64. The van der Waals surface area contributed by atoms with Crippen LogP contribution in [0.1, 0.15) is 34.1 Å². The summed E-state index contributed by atoms with van der Waals surface area (Å²) in [7, 11) is 0. The van der Waals surface area contributed by atoms with Crippen LogP contribution in [0.5, 0.6) is 0 Å². The first-order chi connectivity index (χ1) is 9.13. The molecule has 0 spiro atoms. The predicted octanol–water partition coefficient (Wildman–Crippen LogP) is 1.84. The number of imidazole rings is 1. The standard InChI is InChI=1S/C14H17N3O2/c1-9-5-6-19-13(9)14(18)16-11-3-4-12-15-10(2)7-17(12)8-11/h5-7,11H,3-4,8H2,1-2H3,(H,16,18). The monoisotopic (exact) mass is 259 g/mol. The molecule has 100 valence electrons. The molecule has 19 heavy (non-hydrogen) atoms. The van der Waals surface area contributed by atoms with Gasteiger partial charge in [0.15, 0.2) is 5.76 Å². The highest BCUT2D eigenvalue weighted by molar-refractivity contribution is 5.92. The number of rotatable bonds is 2. The number of aryl methyl sites for hydroxylation is 3. The van der Waals surface area contributed by atoms with Crippen molar-refractivity contribution in [2.75, 3.05) is 0 Å². The van der Waals surface area contributed by atoms with Crippen molar-refractivity contribution in [3.63, 3.8) is 0 Å². The van der Waals surface area contributed by atoms with Crippen LogP contribution in [-0.2, 0) is 13.0 Å². The second-order valence-corrected chi connectivity index (χ2v) is 5.09. The molecule has 5 heteroatoms. The zero-order chi connectivity index (χ0) is 13.4. The van der Waals surface area contributed by atoms with E-state index in [4.69, 9.17) is 4.42 Å². The number of nitrogens with one attached hydrogen (secondary N) is 1. The lowest BCUT2D eigenvalue weighted by molar-refractivity contribution is 0.0898. The Kier molecular flexibility index (Phi) is 2.89. The van der Waals surface area contributed by atoms with Crippen LogP contribution in [0.3, 0.4) is 0 Å². The Bertz CT molecular complexity index is 612. The molecule has 0 bridgehead atoms. The largest absolute Gasteiger partial charge is 0.459 e. The van der Waals surface area contributed by atoms with Crippen LogP contribution in [0.15, 0.2) is 22.9 Å². The molecule has 1 amide bonds. The van der Waals surface area contributed by atoms with E-state index in [1.807, 2.05) is 20.0 Å². The number of aromatic nitrogens is 2. The topological polar surface area (TPSA) is 60.1 Å². The molecule has 0 fully saturated rings. The van der Waals surface area contributed by atoms with Crippen LogP contribution in [0.25, 0.3) is 0 Å². The summed E-state index contributed by atoms with van der Waals surface area (Å²) in [5.74, 6) is 1.39. The van der Waals surface area contributed by atoms with Crippen LogP contribution in [0, 0.1) is 13.8 Å². The number of amides is 1. The number of hydrogen-bond acceptors (Lipinski definition) is 3. The lowest BCUT2D eigenvalue weighted by Gasteiger charge is -2.24. The van der Waals surface area contributed by atoms with E-state index in [1.54, 1.807) is 12.3 Å². The third kappa shape index (κ3) is 2.28. The van der Waals surface area contributed by atoms with Gasteiger partial charge in [-0.05, 0) is 26.3 Å². The lowest BCUT2D eigenvalue weighted by atomic mass is 10.1. The molecule has 1 atom stereocenters. The first-order valence-electron chi connectivity index (χ1n) is 6.51. The van der Waals surface area contributed by atoms with Gasteiger partial charge in [-0.2, -0.15) is 0 Å². The van der Waals surface area contributed by atoms with Gasteiger partial charge in [-0.25, -0.2) is 4.98 Å². The summed E-state index contributed by atoms with van der Waals surface area (Å²) in [5.41, 5.74) is 1.90. The fourth-order valence-corrected chi connectivity index (χ4v) is 2.56. The second kappa shape index (κ2) is 4.57. The van der Waals surface area contributed by atoms with Gasteiger partial charge in [0.05, 0.1) is 12.0 Å². The van der Waals surface area contributed by atoms with Gasteiger partial charge in [0.1, 0.15) is 5.82 Å². The van der Waals surface area contributed by atoms with Crippen LogP contribution >= 0.6 is 0 Å². The minimum atomic E-state index is -0.132. The molecule has 0 aliphatic carbocycles. The minimum absolute atomic E-state index is 0.132. The molecule has 1 N–H and O–H groups in total. The van der Waals surface area contributed by atoms with Crippen molar-refractivity contribution in [1.29, 1.82) is 0 Å². The summed E-state index contributed by atoms with van der Waals surface area (Å²) in [6.07, 6.45) is 5.39. The van der Waals surface area contributed by atoms with Crippen molar-refractivity contribution < 1.29 is 9.21 Å². The van der Waals surface area contributed by atoms with Crippen molar-refractivity contribution in [3.05, 3.63) is 41.4 Å². The van der Waals surface area contributed by atoms with Crippen LogP contribution in [0.4, 0.5) is 0 Å². The van der Waals surface area contributed by atoms with Crippen molar-refractivity contribution >= 4 is 5.91 Å². The number of furan rings is 1. The SMILES string of the molecule is Cc1cn2c(n1)CCC(NC(=O)c1occc1C)C2. The number of fused-ring (bicyclic) bond motifs is 1. The van der Waals surface area contributed by atoms with E-state index in [0.29, 0.717) is 5.76 Å². The molecule has 2 aromatic rings. The van der Waals surface area contributed by atoms with E-state index in [1.165, 1.54) is 0 Å². The van der Waals surface area contributed by atoms with Gasteiger partial charge in [0.2, 0.25) is 0 Å². The smallest absolute Gasteiger partial charge is 0.287 e. The van der Waals surface area contributed by atoms with Gasteiger partial charge in [-0.3, -0.25) is 4.79 Å². The average molecular weight is 259 g/mol. The second-order valence-electron chi connectivity index (χ2n) is 5.09. The molecule has 2 aromatic heterocycles. The Morgan fingerprint density at radius 3 is 3.11 bits per heavy atom. The zero-order valence-electron chi connectivity index (χ0n) is 11.1. The van der Waals surface area contributed by atoms with Crippen molar-refractivity contribution in [1.82, 2.24) is 14.9 Å². The Morgan fingerprint density at radius 1 is 1.53 bits per heavy atom. The lowest BCUT2D eigenvalue weighted by Crippen LogP contribution is -2.40. The average Bonchev–Trinajstić information content (AvgIpc) is 2.93. The fourth-order valence-electron chi connectivity index (χ4n) is 2.56. The Morgan fingerprint density at radius 2 is 2.37 bits per heavy atom. The minimum Gasteiger partial charge on any atom is -0.459 e. The zero-order valence-corrected chi connectivity index (χ0v) is 11.1. The van der Waals surface area contributed by atoms with Gasteiger partial charge in [0.25, 0.3) is 5.91 Å². The molecule has 3 heterocycles. The summed E-state index contributed by atoms with van der Waals surface area (Å²) in [6, 6.07) is 1.94. The van der Waals surface area contributed by atoms with E-state index in [-0.39, 0.29) is 11.9 Å². The molecule has 3 rings (SSSR count). The maximum atomic E-state index is 12.1. The van der Waals surface area contributed by atoms with Gasteiger partial charge >= 0.3 is 0 Å². The Balaban J connectivity index is 1.69. The number of carbonyl (C=O) groups is 1. The molecule has 1 aliphatic heterocycles. The van der Waals surface area contributed by atoms with E-state index in [0.717, 1.165) is 36.5 Å². The van der Waals surface area contributed by atoms with Gasteiger partial charge < -0.3 is 14.3 Å². The number of hydrogen-bond donors (Lipinski definition) is 1. The molecule has 1 unspecified atom stereocenters. The van der Waals surface area contributed by atoms with Crippen molar-refractivity contribution in [2.24, 2.45) is 0 Å². The number of carbonyl (C=O) groups excluding carboxylic acids is 1. The third-order valence-corrected chi connectivity index (χ3v) is 3.52. The van der Waals surface area contributed by atoms with Crippen LogP contribution in [0.2, 0.25) is 0 Å². The highest BCUT2D eigenvalue weighted by atomic mass is 16.3. The van der Waals surface area contributed by atoms with Crippen molar-refractivity contribution in [2.45, 2.75) is 39.3 Å². The molecule has 5 nitrogen and oxygen atoms in total. The van der Waals surface area contributed by atoms with E-state index in [2.05, 4.69) is 14.9 Å². The summed E-state index contributed by atoms with van der Waals surface area (Å²) >= 11 is 0. The summed E-state index contributed by atoms with van der Waals surface area (Å²) < 4.78 is 7.33. The van der Waals surface area contributed by atoms with Gasteiger partial charge in [-0.1, -0.05) is 0 Å². The van der Waals surface area contributed by atoms with Crippen LogP contribution < -0.4 is 5.32 Å². The highest BCUT2D eigenvalue weighted by Crippen LogP contribution is 2.16. The molecule has 0 saturated heterocycles. The van der Waals surface area contributed by atoms with Gasteiger partial charge in [0, 0.05) is 30.8 Å². The summed E-state index contributed by atoms with van der Waals surface area (Å²) in [4.78, 5) is 16.5. The summed E-state index contributed by atoms with van der Waals surface area (Å²) in [5, 5.41) is 3.03. The molecular formula is C14H17N3O2.